The van der Waals surface area contributed by atoms with Crippen LogP contribution in [0.1, 0.15) is 30.7 Å². The standard InChI is InChI=1S/C16H21BrN2O/c1-19-7-5-13(6-8-19)18-16(20)15-10-14(15)11-3-2-4-12(17)9-11/h2-4,9,13-15H,5-8,10H2,1H3,(H,18,20)/t14-,15+/m1/s1. The van der Waals surface area contributed by atoms with Gasteiger partial charge in [-0.25, -0.2) is 0 Å². The van der Waals surface area contributed by atoms with Crippen molar-refractivity contribution in [3.05, 3.63) is 34.3 Å². The van der Waals surface area contributed by atoms with Gasteiger partial charge in [0, 0.05) is 16.4 Å². The van der Waals surface area contributed by atoms with Gasteiger partial charge >= 0.3 is 0 Å². The van der Waals surface area contributed by atoms with Crippen LogP contribution in [0.25, 0.3) is 0 Å². The minimum Gasteiger partial charge on any atom is -0.353 e. The van der Waals surface area contributed by atoms with Crippen LogP contribution >= 0.6 is 15.9 Å². The number of nitrogens with one attached hydrogen (secondary N) is 1. The number of hydrogen-bond donors (Lipinski definition) is 1. The van der Waals surface area contributed by atoms with Crippen molar-refractivity contribution in [2.24, 2.45) is 5.92 Å². The third-order valence-electron chi connectivity index (χ3n) is 4.47. The SMILES string of the molecule is CN1CCC(NC(=O)[C@H]2C[C@@H]2c2cccc(Br)c2)CC1. The van der Waals surface area contributed by atoms with E-state index in [2.05, 4.69) is 45.3 Å². The number of hydrogen-bond acceptors (Lipinski definition) is 2. The van der Waals surface area contributed by atoms with E-state index in [0.717, 1.165) is 36.8 Å². The highest BCUT2D eigenvalue weighted by Gasteiger charge is 2.44. The first-order valence-electron chi connectivity index (χ1n) is 7.38. The first kappa shape index (κ1) is 14.1. The van der Waals surface area contributed by atoms with Crippen LogP contribution in [0.4, 0.5) is 0 Å². The van der Waals surface area contributed by atoms with Crippen molar-refractivity contribution in [1.82, 2.24) is 10.2 Å². The fourth-order valence-corrected chi connectivity index (χ4v) is 3.47. The molecule has 0 aromatic heterocycles. The number of benzene rings is 1. The summed E-state index contributed by atoms with van der Waals surface area (Å²) in [5.41, 5.74) is 1.28. The van der Waals surface area contributed by atoms with E-state index in [4.69, 9.17) is 0 Å². The predicted molar refractivity (Wildman–Crippen MR) is 83.7 cm³/mol. The number of piperidine rings is 1. The van der Waals surface area contributed by atoms with E-state index in [1.165, 1.54) is 5.56 Å². The van der Waals surface area contributed by atoms with Crippen LogP contribution in [0, 0.1) is 5.92 Å². The van der Waals surface area contributed by atoms with E-state index in [-0.39, 0.29) is 11.8 Å². The fourth-order valence-electron chi connectivity index (χ4n) is 3.05. The summed E-state index contributed by atoms with van der Waals surface area (Å²) in [6, 6.07) is 8.71. The van der Waals surface area contributed by atoms with Crippen LogP contribution in [0.2, 0.25) is 0 Å². The minimum absolute atomic E-state index is 0.184. The van der Waals surface area contributed by atoms with Gasteiger partial charge in [-0.1, -0.05) is 28.1 Å². The zero-order chi connectivity index (χ0) is 14.1. The molecule has 2 atom stereocenters. The Balaban J connectivity index is 1.53. The molecule has 1 aliphatic carbocycles. The van der Waals surface area contributed by atoms with Gasteiger partial charge in [0.2, 0.25) is 5.91 Å². The average molecular weight is 337 g/mol. The molecule has 0 unspecified atom stereocenters. The summed E-state index contributed by atoms with van der Waals surface area (Å²) in [7, 11) is 2.14. The van der Waals surface area contributed by atoms with E-state index in [1.807, 2.05) is 12.1 Å². The van der Waals surface area contributed by atoms with E-state index in [9.17, 15) is 4.79 Å². The Kier molecular flexibility index (Phi) is 4.13. The van der Waals surface area contributed by atoms with Gasteiger partial charge in [0.25, 0.3) is 0 Å². The largest absolute Gasteiger partial charge is 0.353 e. The Hall–Kier alpha value is -0.870. The molecule has 3 rings (SSSR count). The highest BCUT2D eigenvalue weighted by molar-refractivity contribution is 9.10. The van der Waals surface area contributed by atoms with E-state index in [1.54, 1.807) is 0 Å². The van der Waals surface area contributed by atoms with Crippen LogP contribution in [-0.2, 0) is 4.79 Å². The van der Waals surface area contributed by atoms with Crippen molar-refractivity contribution < 1.29 is 4.79 Å². The molecule has 4 heteroatoms. The number of carbonyl (C=O) groups excluding carboxylic acids is 1. The molecular formula is C16H21BrN2O. The number of carbonyl (C=O) groups is 1. The Labute approximate surface area is 128 Å². The Bertz CT molecular complexity index is 497. The van der Waals surface area contributed by atoms with Crippen LogP contribution in [0.15, 0.2) is 28.7 Å². The summed E-state index contributed by atoms with van der Waals surface area (Å²) < 4.78 is 1.09. The lowest BCUT2D eigenvalue weighted by Gasteiger charge is -2.29. The molecule has 0 bridgehead atoms. The molecule has 1 saturated heterocycles. The molecule has 1 aliphatic heterocycles. The van der Waals surface area contributed by atoms with Gasteiger partial charge in [-0.15, -0.1) is 0 Å². The average Bonchev–Trinajstić information content (AvgIpc) is 3.22. The van der Waals surface area contributed by atoms with E-state index < -0.39 is 0 Å². The summed E-state index contributed by atoms with van der Waals surface area (Å²) >= 11 is 3.50. The maximum Gasteiger partial charge on any atom is 0.223 e. The van der Waals surface area contributed by atoms with Crippen molar-refractivity contribution >= 4 is 21.8 Å². The smallest absolute Gasteiger partial charge is 0.223 e. The summed E-state index contributed by atoms with van der Waals surface area (Å²) in [6.45, 7) is 2.18. The number of rotatable bonds is 3. The number of nitrogens with zero attached hydrogens (tertiary/aromatic N) is 1. The second-order valence-corrected chi connectivity index (χ2v) is 7.01. The number of amides is 1. The van der Waals surface area contributed by atoms with Crippen LogP contribution in [0.5, 0.6) is 0 Å². The van der Waals surface area contributed by atoms with Gasteiger partial charge in [0.15, 0.2) is 0 Å². The predicted octanol–water partition coefficient (Wildman–Crippen LogP) is 2.76. The van der Waals surface area contributed by atoms with Crippen LogP contribution in [-0.4, -0.2) is 37.0 Å². The number of likely N-dealkylation sites (tertiary alicyclic amines) is 1. The second kappa shape index (κ2) is 5.86. The van der Waals surface area contributed by atoms with Gasteiger partial charge in [-0.3, -0.25) is 4.79 Å². The summed E-state index contributed by atoms with van der Waals surface area (Å²) in [6.07, 6.45) is 3.15. The lowest BCUT2D eigenvalue weighted by Crippen LogP contribution is -2.44. The molecule has 2 aliphatic rings. The highest BCUT2D eigenvalue weighted by atomic mass is 79.9. The lowest BCUT2D eigenvalue weighted by molar-refractivity contribution is -0.123. The highest BCUT2D eigenvalue weighted by Crippen LogP contribution is 2.48. The van der Waals surface area contributed by atoms with Gasteiger partial charge in [0.05, 0.1) is 0 Å². The van der Waals surface area contributed by atoms with Gasteiger partial charge in [-0.2, -0.15) is 0 Å². The van der Waals surface area contributed by atoms with Gasteiger partial charge < -0.3 is 10.2 Å². The van der Waals surface area contributed by atoms with Crippen LogP contribution in [0.3, 0.4) is 0 Å². The van der Waals surface area contributed by atoms with Gasteiger partial charge in [0.1, 0.15) is 0 Å². The van der Waals surface area contributed by atoms with Crippen molar-refractivity contribution in [3.8, 4) is 0 Å². The molecular weight excluding hydrogens is 316 g/mol. The topological polar surface area (TPSA) is 32.3 Å². The van der Waals surface area contributed by atoms with Crippen molar-refractivity contribution in [2.45, 2.75) is 31.2 Å². The second-order valence-electron chi connectivity index (χ2n) is 6.09. The minimum atomic E-state index is 0.184. The molecule has 1 amide bonds. The fraction of sp³-hybridized carbons (Fsp3) is 0.562. The molecule has 1 saturated carbocycles. The summed E-state index contributed by atoms with van der Waals surface area (Å²) in [5.74, 6) is 0.854. The molecule has 1 N–H and O–H groups in total. The van der Waals surface area contributed by atoms with Crippen molar-refractivity contribution in [2.75, 3.05) is 20.1 Å². The van der Waals surface area contributed by atoms with E-state index in [0.29, 0.717) is 12.0 Å². The molecule has 0 spiro atoms. The summed E-state index contributed by atoms with van der Waals surface area (Å²) in [4.78, 5) is 14.6. The summed E-state index contributed by atoms with van der Waals surface area (Å²) in [5, 5.41) is 3.24. The quantitative estimate of drug-likeness (QED) is 0.920. The van der Waals surface area contributed by atoms with Gasteiger partial charge in [-0.05, 0) is 63.0 Å². The van der Waals surface area contributed by atoms with Crippen molar-refractivity contribution in [3.63, 3.8) is 0 Å². The third-order valence-corrected chi connectivity index (χ3v) is 4.96. The molecule has 1 aromatic carbocycles. The maximum atomic E-state index is 12.3. The Morgan fingerprint density at radius 1 is 1.35 bits per heavy atom. The first-order valence-corrected chi connectivity index (χ1v) is 8.17. The molecule has 2 fully saturated rings. The van der Waals surface area contributed by atoms with Crippen molar-refractivity contribution in [1.29, 1.82) is 0 Å². The molecule has 1 heterocycles. The normalized spacial score (nSPS) is 27.3. The molecule has 0 radical (unpaired) electrons. The molecule has 1 aromatic rings. The Morgan fingerprint density at radius 3 is 2.80 bits per heavy atom. The molecule has 3 nitrogen and oxygen atoms in total. The first-order chi connectivity index (χ1) is 9.63. The van der Waals surface area contributed by atoms with E-state index >= 15 is 0 Å². The number of halogens is 1. The zero-order valence-electron chi connectivity index (χ0n) is 11.8. The maximum absolute atomic E-state index is 12.3. The molecule has 108 valence electrons. The monoisotopic (exact) mass is 336 g/mol. The molecule has 20 heavy (non-hydrogen) atoms. The Morgan fingerprint density at radius 2 is 2.10 bits per heavy atom. The lowest BCUT2D eigenvalue weighted by atomic mass is 10.0. The van der Waals surface area contributed by atoms with Crippen LogP contribution < -0.4 is 5.32 Å². The third kappa shape index (κ3) is 3.23. The zero-order valence-corrected chi connectivity index (χ0v) is 13.4.